The van der Waals surface area contributed by atoms with E-state index in [0.717, 1.165) is 33.1 Å². The van der Waals surface area contributed by atoms with E-state index in [1.54, 1.807) is 11.8 Å². The first-order valence-electron chi connectivity index (χ1n) is 10.1. The number of carbonyl (C=O) groups is 2. The fraction of sp³-hybridized carbons (Fsp3) is 0.417. The van der Waals surface area contributed by atoms with Crippen molar-refractivity contribution >= 4 is 27.7 Å². The van der Waals surface area contributed by atoms with Crippen LogP contribution in [0.3, 0.4) is 0 Å². The summed E-state index contributed by atoms with van der Waals surface area (Å²) in [6.45, 7) is 10.2. The van der Waals surface area contributed by atoms with E-state index in [0.29, 0.717) is 6.54 Å². The number of amides is 2. The van der Waals surface area contributed by atoms with Crippen molar-refractivity contribution in [3.05, 3.63) is 69.2 Å². The number of hydrogen-bond acceptors (Lipinski definition) is 2. The van der Waals surface area contributed by atoms with Gasteiger partial charge in [-0.25, -0.2) is 0 Å². The number of carbonyl (C=O) groups excluding carboxylic acids is 2. The van der Waals surface area contributed by atoms with Crippen LogP contribution in [0.5, 0.6) is 0 Å². The van der Waals surface area contributed by atoms with E-state index in [-0.39, 0.29) is 24.3 Å². The van der Waals surface area contributed by atoms with E-state index in [9.17, 15) is 9.59 Å². The summed E-state index contributed by atoms with van der Waals surface area (Å²) in [4.78, 5) is 27.8. The Kier molecular flexibility index (Phi) is 8.45. The second-order valence-corrected chi connectivity index (χ2v) is 8.67. The molecule has 0 aromatic heterocycles. The van der Waals surface area contributed by atoms with Crippen LogP contribution < -0.4 is 5.32 Å². The van der Waals surface area contributed by atoms with Crippen molar-refractivity contribution in [3.63, 3.8) is 0 Å². The molecule has 0 heterocycles. The second-order valence-electron chi connectivity index (χ2n) is 7.75. The van der Waals surface area contributed by atoms with Gasteiger partial charge in [-0.3, -0.25) is 9.59 Å². The van der Waals surface area contributed by atoms with Crippen LogP contribution in [-0.4, -0.2) is 28.8 Å². The topological polar surface area (TPSA) is 49.4 Å². The smallest absolute Gasteiger partial charge is 0.242 e. The summed E-state index contributed by atoms with van der Waals surface area (Å²) < 4.78 is 0.952. The predicted molar refractivity (Wildman–Crippen MR) is 122 cm³/mol. The maximum atomic E-state index is 13.3. The Morgan fingerprint density at radius 2 is 1.83 bits per heavy atom. The molecular formula is C24H31BrN2O2. The maximum Gasteiger partial charge on any atom is 0.242 e. The molecule has 0 aliphatic heterocycles. The van der Waals surface area contributed by atoms with Gasteiger partial charge in [0.25, 0.3) is 0 Å². The number of nitrogens with one attached hydrogen (secondary N) is 1. The van der Waals surface area contributed by atoms with Crippen molar-refractivity contribution in [2.45, 2.75) is 66.1 Å². The molecule has 0 unspecified atom stereocenters. The van der Waals surface area contributed by atoms with Gasteiger partial charge in [-0.2, -0.15) is 0 Å². The van der Waals surface area contributed by atoms with Crippen molar-refractivity contribution in [2.24, 2.45) is 0 Å². The Balaban J connectivity index is 2.28. The average molecular weight is 459 g/mol. The van der Waals surface area contributed by atoms with E-state index in [2.05, 4.69) is 27.3 Å². The number of nitrogens with zero attached hydrogens (tertiary/aromatic N) is 1. The minimum Gasteiger partial charge on any atom is -0.352 e. The van der Waals surface area contributed by atoms with Gasteiger partial charge >= 0.3 is 0 Å². The highest BCUT2D eigenvalue weighted by molar-refractivity contribution is 9.10. The molecule has 2 aromatic carbocycles. The SMILES string of the molecule is CC[C@@H](C)NC(=O)[C@H](C)N(Cc1cccc(Br)c1)C(=O)Cc1cc(C)ccc1C. The molecule has 2 amide bonds. The van der Waals surface area contributed by atoms with E-state index < -0.39 is 6.04 Å². The van der Waals surface area contributed by atoms with Crippen molar-refractivity contribution in [1.82, 2.24) is 10.2 Å². The molecule has 4 nitrogen and oxygen atoms in total. The summed E-state index contributed by atoms with van der Waals surface area (Å²) in [5.41, 5.74) is 4.20. The first-order chi connectivity index (χ1) is 13.7. The summed E-state index contributed by atoms with van der Waals surface area (Å²) in [5, 5.41) is 3.00. The zero-order valence-corrected chi connectivity index (χ0v) is 19.5. The van der Waals surface area contributed by atoms with Crippen LogP contribution >= 0.6 is 15.9 Å². The fourth-order valence-corrected chi connectivity index (χ4v) is 3.58. The Hall–Kier alpha value is -2.14. The van der Waals surface area contributed by atoms with E-state index in [1.165, 1.54) is 0 Å². The molecule has 29 heavy (non-hydrogen) atoms. The van der Waals surface area contributed by atoms with Crippen LogP contribution in [0.4, 0.5) is 0 Å². The molecule has 2 rings (SSSR count). The Labute approximate surface area is 182 Å². The summed E-state index contributed by atoms with van der Waals surface area (Å²) in [7, 11) is 0. The molecule has 1 N–H and O–H groups in total. The van der Waals surface area contributed by atoms with E-state index in [1.807, 2.05) is 64.1 Å². The van der Waals surface area contributed by atoms with Gasteiger partial charge in [-0.1, -0.05) is 58.7 Å². The van der Waals surface area contributed by atoms with Gasteiger partial charge in [0.05, 0.1) is 6.42 Å². The van der Waals surface area contributed by atoms with Crippen molar-refractivity contribution in [2.75, 3.05) is 0 Å². The van der Waals surface area contributed by atoms with Crippen molar-refractivity contribution in [3.8, 4) is 0 Å². The van der Waals surface area contributed by atoms with Crippen LogP contribution in [0.2, 0.25) is 0 Å². The third kappa shape index (κ3) is 6.70. The molecule has 0 aliphatic carbocycles. The molecule has 0 bridgehead atoms. The van der Waals surface area contributed by atoms with Crippen LogP contribution in [-0.2, 0) is 22.6 Å². The van der Waals surface area contributed by atoms with E-state index in [4.69, 9.17) is 0 Å². The van der Waals surface area contributed by atoms with Crippen LogP contribution in [0.25, 0.3) is 0 Å². The number of hydrogen-bond donors (Lipinski definition) is 1. The first kappa shape index (κ1) is 23.1. The molecule has 2 aromatic rings. The monoisotopic (exact) mass is 458 g/mol. The fourth-order valence-electron chi connectivity index (χ4n) is 3.14. The molecule has 0 radical (unpaired) electrons. The first-order valence-corrected chi connectivity index (χ1v) is 10.9. The van der Waals surface area contributed by atoms with Crippen molar-refractivity contribution < 1.29 is 9.59 Å². The van der Waals surface area contributed by atoms with Gasteiger partial charge in [-0.05, 0) is 62.9 Å². The van der Waals surface area contributed by atoms with Crippen molar-refractivity contribution in [1.29, 1.82) is 0 Å². The molecule has 0 fully saturated rings. The average Bonchev–Trinajstić information content (AvgIpc) is 2.68. The zero-order valence-electron chi connectivity index (χ0n) is 18.0. The Morgan fingerprint density at radius 3 is 2.48 bits per heavy atom. The minimum absolute atomic E-state index is 0.0505. The highest BCUT2D eigenvalue weighted by atomic mass is 79.9. The minimum atomic E-state index is -0.555. The van der Waals surface area contributed by atoms with Crippen LogP contribution in [0, 0.1) is 13.8 Å². The van der Waals surface area contributed by atoms with Gasteiger partial charge in [0, 0.05) is 17.1 Å². The van der Waals surface area contributed by atoms with Gasteiger partial charge in [0.15, 0.2) is 0 Å². The molecule has 0 saturated heterocycles. The number of rotatable bonds is 8. The standard InChI is InChI=1S/C24H31BrN2O2/c1-6-18(4)26-24(29)19(5)27(15-20-8-7-9-22(25)13-20)23(28)14-21-12-16(2)10-11-17(21)3/h7-13,18-19H,6,14-15H2,1-5H3,(H,26,29)/t18-,19+/m1/s1. The summed E-state index contributed by atoms with van der Waals surface area (Å²) in [5.74, 6) is -0.172. The lowest BCUT2D eigenvalue weighted by molar-refractivity contribution is -0.140. The van der Waals surface area contributed by atoms with E-state index >= 15 is 0 Å². The van der Waals surface area contributed by atoms with Crippen LogP contribution in [0.15, 0.2) is 46.9 Å². The predicted octanol–water partition coefficient (Wildman–Crippen LogP) is 4.94. The second kappa shape index (κ2) is 10.6. The zero-order chi connectivity index (χ0) is 21.6. The lowest BCUT2D eigenvalue weighted by Gasteiger charge is -2.30. The number of benzene rings is 2. The molecule has 5 heteroatoms. The Bertz CT molecular complexity index is 866. The quantitative estimate of drug-likeness (QED) is 0.608. The Morgan fingerprint density at radius 1 is 1.10 bits per heavy atom. The third-order valence-electron chi connectivity index (χ3n) is 5.26. The lowest BCUT2D eigenvalue weighted by atomic mass is 10.0. The lowest BCUT2D eigenvalue weighted by Crippen LogP contribution is -2.49. The highest BCUT2D eigenvalue weighted by Gasteiger charge is 2.27. The normalized spacial score (nSPS) is 12.9. The summed E-state index contributed by atoms with van der Waals surface area (Å²) in [6, 6.07) is 13.5. The van der Waals surface area contributed by atoms with Gasteiger partial charge in [0.1, 0.15) is 6.04 Å². The highest BCUT2D eigenvalue weighted by Crippen LogP contribution is 2.18. The van der Waals surface area contributed by atoms with Gasteiger partial charge < -0.3 is 10.2 Å². The third-order valence-corrected chi connectivity index (χ3v) is 5.75. The molecule has 156 valence electrons. The van der Waals surface area contributed by atoms with Gasteiger partial charge in [-0.15, -0.1) is 0 Å². The van der Waals surface area contributed by atoms with Gasteiger partial charge in [0.2, 0.25) is 11.8 Å². The number of aryl methyl sites for hydroxylation is 2. The molecule has 2 atom stereocenters. The maximum absolute atomic E-state index is 13.3. The summed E-state index contributed by atoms with van der Waals surface area (Å²) in [6.07, 6.45) is 1.13. The largest absolute Gasteiger partial charge is 0.352 e. The summed E-state index contributed by atoms with van der Waals surface area (Å²) >= 11 is 3.49. The molecule has 0 aliphatic rings. The molecule has 0 spiro atoms. The molecule has 0 saturated carbocycles. The van der Waals surface area contributed by atoms with Crippen LogP contribution in [0.1, 0.15) is 49.4 Å². The molecular weight excluding hydrogens is 428 g/mol. The number of halogens is 1.